The van der Waals surface area contributed by atoms with Crippen molar-refractivity contribution >= 4 is 34.2 Å². The van der Waals surface area contributed by atoms with Gasteiger partial charge in [-0.05, 0) is 36.4 Å². The number of rotatable bonds is 1. The van der Waals surface area contributed by atoms with E-state index in [1.54, 1.807) is 24.3 Å². The Morgan fingerprint density at radius 1 is 1.05 bits per heavy atom. The van der Waals surface area contributed by atoms with Gasteiger partial charge in [-0.1, -0.05) is 24.3 Å². The number of nitrogens with zero attached hydrogens (tertiary/aromatic N) is 1. The van der Waals surface area contributed by atoms with E-state index >= 15 is 0 Å². The number of carbonyl (C=O) groups is 2. The number of Topliss-reactive ketones (excluding diaryl/α,β-unsaturated/α-hetero) is 2. The third-order valence-electron chi connectivity index (χ3n) is 3.77. The molecule has 1 saturated heterocycles. The van der Waals surface area contributed by atoms with Gasteiger partial charge in [-0.3, -0.25) is 9.59 Å². The van der Waals surface area contributed by atoms with Crippen LogP contribution in [0.5, 0.6) is 0 Å². The fraction of sp³-hybridized carbons (Fsp3) is 0.375. The minimum atomic E-state index is -0.0624. The summed E-state index contributed by atoms with van der Waals surface area (Å²) in [6.07, 6.45) is 0.0936. The minimum absolute atomic E-state index is 0.0468. The molecule has 0 aromatic heterocycles. The van der Waals surface area contributed by atoms with Gasteiger partial charge in [0.25, 0.3) is 0 Å². The van der Waals surface area contributed by atoms with Crippen LogP contribution in [0.3, 0.4) is 0 Å². The number of morpholine rings is 1. The van der Waals surface area contributed by atoms with Gasteiger partial charge < -0.3 is 9.64 Å². The van der Waals surface area contributed by atoms with E-state index in [4.69, 9.17) is 4.74 Å². The van der Waals surface area contributed by atoms with Gasteiger partial charge in [0.15, 0.2) is 0 Å². The molecule has 110 valence electrons. The monoisotopic (exact) mass is 397 g/mol. The summed E-state index contributed by atoms with van der Waals surface area (Å²) < 4.78 is 6.22. The highest BCUT2D eigenvalue weighted by molar-refractivity contribution is 14.1. The molecule has 5 heteroatoms. The van der Waals surface area contributed by atoms with E-state index in [1.807, 2.05) is 41.3 Å². The quantitative estimate of drug-likeness (QED) is 0.684. The van der Waals surface area contributed by atoms with Crippen molar-refractivity contribution in [1.29, 1.82) is 0 Å². The molecule has 3 rings (SSSR count). The molecule has 1 aliphatic heterocycles. The number of halogens is 1. The molecular formula is C16H16INO3. The molecule has 0 bridgehead atoms. The topological polar surface area (TPSA) is 46.6 Å². The Labute approximate surface area is 137 Å². The number of hydrogen-bond acceptors (Lipinski definition) is 4. The highest BCUT2D eigenvalue weighted by Crippen LogP contribution is 2.33. The van der Waals surface area contributed by atoms with E-state index in [9.17, 15) is 9.59 Å². The summed E-state index contributed by atoms with van der Waals surface area (Å²) in [4.78, 5) is 27.3. The molecule has 0 amide bonds. The number of allylic oxidation sites excluding steroid dienone is 2. The van der Waals surface area contributed by atoms with Crippen LogP contribution >= 0.6 is 22.6 Å². The van der Waals surface area contributed by atoms with Gasteiger partial charge in [0.05, 0.1) is 15.8 Å². The first kappa shape index (κ1) is 14.7. The van der Waals surface area contributed by atoms with Gasteiger partial charge in [-0.15, -0.1) is 0 Å². The van der Waals surface area contributed by atoms with Crippen LogP contribution in [0.25, 0.3) is 0 Å². The zero-order valence-electron chi connectivity index (χ0n) is 11.9. The Morgan fingerprint density at radius 3 is 2.14 bits per heavy atom. The second-order valence-electron chi connectivity index (χ2n) is 5.53. The number of ether oxygens (including phenoxy) is 1. The lowest BCUT2D eigenvalue weighted by Gasteiger charge is -2.38. The van der Waals surface area contributed by atoms with Crippen LogP contribution in [0.2, 0.25) is 0 Å². The van der Waals surface area contributed by atoms with E-state index < -0.39 is 0 Å². The maximum Gasteiger partial charge on any atom is 0.211 e. The molecule has 1 fully saturated rings. The van der Waals surface area contributed by atoms with Gasteiger partial charge in [0, 0.05) is 24.2 Å². The number of benzene rings is 1. The Bertz CT molecular complexity index is 643. The van der Waals surface area contributed by atoms with Crippen molar-refractivity contribution in [2.45, 2.75) is 26.1 Å². The first-order valence-electron chi connectivity index (χ1n) is 6.97. The highest BCUT2D eigenvalue weighted by atomic mass is 127. The molecule has 0 N–H and O–H groups in total. The summed E-state index contributed by atoms with van der Waals surface area (Å²) in [6, 6.07) is 7.03. The maximum absolute atomic E-state index is 12.8. The number of fused-ring (bicyclic) bond motifs is 1. The molecule has 1 aromatic rings. The molecule has 2 atom stereocenters. The molecule has 0 saturated carbocycles. The van der Waals surface area contributed by atoms with Gasteiger partial charge in [0.1, 0.15) is 5.70 Å². The van der Waals surface area contributed by atoms with Crippen LogP contribution in [0.4, 0.5) is 0 Å². The lowest BCUT2D eigenvalue weighted by atomic mass is 9.91. The van der Waals surface area contributed by atoms with Gasteiger partial charge >= 0.3 is 0 Å². The third kappa shape index (κ3) is 2.53. The SMILES string of the molecule is C[C@@H]1CN(C2=C(I)C(=O)c3ccccc3C2=O)C[C@H](C)O1. The molecule has 0 spiro atoms. The molecule has 4 nitrogen and oxygen atoms in total. The van der Waals surface area contributed by atoms with Crippen molar-refractivity contribution in [1.82, 2.24) is 4.90 Å². The number of ketones is 2. The molecule has 0 radical (unpaired) electrons. The van der Waals surface area contributed by atoms with E-state index in [-0.39, 0.29) is 23.8 Å². The summed E-state index contributed by atoms with van der Waals surface area (Å²) in [7, 11) is 0. The van der Waals surface area contributed by atoms with E-state index in [1.165, 1.54) is 0 Å². The van der Waals surface area contributed by atoms with Crippen LogP contribution in [0.1, 0.15) is 34.6 Å². The average molecular weight is 397 g/mol. The minimum Gasteiger partial charge on any atom is -0.372 e. The number of carbonyl (C=O) groups excluding carboxylic acids is 2. The first-order valence-corrected chi connectivity index (χ1v) is 8.05. The fourth-order valence-corrected chi connectivity index (χ4v) is 3.85. The van der Waals surface area contributed by atoms with Crippen molar-refractivity contribution < 1.29 is 14.3 Å². The van der Waals surface area contributed by atoms with Gasteiger partial charge in [0.2, 0.25) is 11.6 Å². The normalized spacial score (nSPS) is 26.1. The second kappa shape index (κ2) is 5.53. The second-order valence-corrected chi connectivity index (χ2v) is 6.61. The summed E-state index contributed by atoms with van der Waals surface area (Å²) in [5, 5.41) is 0. The Hall–Kier alpha value is -1.21. The van der Waals surface area contributed by atoms with Crippen LogP contribution in [-0.2, 0) is 4.74 Å². The van der Waals surface area contributed by atoms with Crippen LogP contribution in [0, 0.1) is 0 Å². The smallest absolute Gasteiger partial charge is 0.211 e. The van der Waals surface area contributed by atoms with Crippen LogP contribution in [-0.4, -0.2) is 41.8 Å². The molecular weight excluding hydrogens is 381 g/mol. The predicted octanol–water partition coefficient (Wildman–Crippen LogP) is 2.82. The van der Waals surface area contributed by atoms with Crippen molar-refractivity contribution in [2.24, 2.45) is 0 Å². The highest BCUT2D eigenvalue weighted by Gasteiger charge is 2.36. The third-order valence-corrected chi connectivity index (χ3v) is 4.78. The predicted molar refractivity (Wildman–Crippen MR) is 87.7 cm³/mol. The zero-order valence-corrected chi connectivity index (χ0v) is 14.1. The molecule has 1 aliphatic carbocycles. The number of hydrogen-bond donors (Lipinski definition) is 0. The van der Waals surface area contributed by atoms with Gasteiger partial charge in [-0.25, -0.2) is 0 Å². The summed E-state index contributed by atoms with van der Waals surface area (Å²) in [5.74, 6) is -0.122. The van der Waals surface area contributed by atoms with Crippen LogP contribution in [0.15, 0.2) is 33.5 Å². The Kier molecular flexibility index (Phi) is 3.88. The van der Waals surface area contributed by atoms with Crippen molar-refractivity contribution in [2.75, 3.05) is 13.1 Å². The zero-order chi connectivity index (χ0) is 15.1. The van der Waals surface area contributed by atoms with Crippen molar-refractivity contribution in [3.63, 3.8) is 0 Å². The van der Waals surface area contributed by atoms with Crippen molar-refractivity contribution in [3.8, 4) is 0 Å². The van der Waals surface area contributed by atoms with E-state index in [0.717, 1.165) is 0 Å². The van der Waals surface area contributed by atoms with Gasteiger partial charge in [-0.2, -0.15) is 0 Å². The molecule has 2 aliphatic rings. The lowest BCUT2D eigenvalue weighted by molar-refractivity contribution is -0.0572. The van der Waals surface area contributed by atoms with E-state index in [2.05, 4.69) is 0 Å². The Morgan fingerprint density at radius 2 is 1.57 bits per heavy atom. The van der Waals surface area contributed by atoms with Crippen molar-refractivity contribution in [3.05, 3.63) is 44.7 Å². The molecule has 0 unspecified atom stereocenters. The largest absolute Gasteiger partial charge is 0.372 e. The average Bonchev–Trinajstić information content (AvgIpc) is 2.44. The standard InChI is InChI=1S/C16H16INO3/c1-9-7-18(8-10(2)21-9)14-13(17)15(19)11-5-3-4-6-12(11)16(14)20/h3-6,9-10H,7-8H2,1-2H3/t9-,10+. The maximum atomic E-state index is 12.8. The summed E-state index contributed by atoms with van der Waals surface area (Å²) in [5.41, 5.74) is 1.54. The summed E-state index contributed by atoms with van der Waals surface area (Å²) in [6.45, 7) is 5.24. The fourth-order valence-electron chi connectivity index (χ4n) is 2.98. The first-order chi connectivity index (χ1) is 9.99. The molecule has 21 heavy (non-hydrogen) atoms. The Balaban J connectivity index is 2.04. The molecule has 1 heterocycles. The lowest BCUT2D eigenvalue weighted by Crippen LogP contribution is -2.47. The van der Waals surface area contributed by atoms with Crippen LogP contribution < -0.4 is 0 Å². The summed E-state index contributed by atoms with van der Waals surface area (Å²) >= 11 is 2.00. The molecule has 1 aromatic carbocycles. The van der Waals surface area contributed by atoms with E-state index in [0.29, 0.717) is 33.5 Å².